The van der Waals surface area contributed by atoms with Crippen molar-refractivity contribution in [3.05, 3.63) is 27.8 Å². The molecule has 0 saturated heterocycles. The zero-order chi connectivity index (χ0) is 14.0. The van der Waals surface area contributed by atoms with Crippen LogP contribution in [0.4, 0.5) is 24.7 Å². The number of hydrogen-bond acceptors (Lipinski definition) is 5. The number of alkyl halides is 3. The van der Waals surface area contributed by atoms with E-state index in [-0.39, 0.29) is 15.4 Å². The third-order valence-electron chi connectivity index (χ3n) is 1.87. The van der Waals surface area contributed by atoms with E-state index in [1.165, 1.54) is 18.2 Å². The van der Waals surface area contributed by atoms with E-state index in [2.05, 4.69) is 34.7 Å². The van der Waals surface area contributed by atoms with Gasteiger partial charge in [0, 0.05) is 5.69 Å². The zero-order valence-electron chi connectivity index (χ0n) is 8.83. The Hall–Kier alpha value is -1.06. The summed E-state index contributed by atoms with van der Waals surface area (Å²) in [6.07, 6.45) is -4.74. The number of rotatable bonds is 3. The van der Waals surface area contributed by atoms with E-state index in [1.807, 2.05) is 0 Å². The monoisotopic (exact) mass is 373 g/mol. The van der Waals surface area contributed by atoms with Crippen molar-refractivity contribution in [2.75, 3.05) is 5.32 Å². The summed E-state index contributed by atoms with van der Waals surface area (Å²) in [4.78, 5) is 0. The Morgan fingerprint density at radius 3 is 2.58 bits per heavy atom. The molecule has 2 aromatic rings. The minimum absolute atomic E-state index is 0.147. The minimum atomic E-state index is -4.74. The Balaban J connectivity index is 2.17. The largest absolute Gasteiger partial charge is 0.573 e. The van der Waals surface area contributed by atoms with Gasteiger partial charge in [-0.25, -0.2) is 0 Å². The van der Waals surface area contributed by atoms with Crippen LogP contribution < -0.4 is 10.1 Å². The normalized spacial score (nSPS) is 11.4. The van der Waals surface area contributed by atoms with Crippen LogP contribution in [0.1, 0.15) is 0 Å². The number of aromatic nitrogens is 2. The highest BCUT2D eigenvalue weighted by molar-refractivity contribution is 9.10. The van der Waals surface area contributed by atoms with Gasteiger partial charge in [-0.05, 0) is 34.1 Å². The maximum Gasteiger partial charge on any atom is 0.573 e. The molecule has 0 saturated carbocycles. The molecule has 19 heavy (non-hydrogen) atoms. The highest BCUT2D eigenvalue weighted by Crippen LogP contribution is 2.33. The molecule has 0 spiro atoms. The van der Waals surface area contributed by atoms with Crippen LogP contribution in [-0.4, -0.2) is 15.1 Å². The third kappa shape index (κ3) is 3.95. The van der Waals surface area contributed by atoms with Gasteiger partial charge in [-0.15, -0.1) is 13.2 Å². The molecule has 2 rings (SSSR count). The topological polar surface area (TPSA) is 47.0 Å². The Labute approximate surface area is 123 Å². The molecule has 4 nitrogen and oxygen atoms in total. The molecule has 102 valence electrons. The molecule has 0 atom stereocenters. The van der Waals surface area contributed by atoms with Crippen molar-refractivity contribution < 1.29 is 17.9 Å². The van der Waals surface area contributed by atoms with Crippen molar-refractivity contribution in [1.82, 2.24) is 8.75 Å². The quantitative estimate of drug-likeness (QED) is 0.853. The summed E-state index contributed by atoms with van der Waals surface area (Å²) in [6.45, 7) is 0. The highest BCUT2D eigenvalue weighted by atomic mass is 79.9. The summed E-state index contributed by atoms with van der Waals surface area (Å²) in [5, 5.41) is 3.01. The van der Waals surface area contributed by atoms with Gasteiger partial charge in [0.2, 0.25) is 0 Å². The van der Waals surface area contributed by atoms with Gasteiger partial charge < -0.3 is 10.1 Å². The van der Waals surface area contributed by atoms with Crippen LogP contribution in [0.25, 0.3) is 0 Å². The molecule has 0 amide bonds. The van der Waals surface area contributed by atoms with Crippen LogP contribution in [0, 0.1) is 0 Å². The second kappa shape index (κ2) is 5.51. The number of hydrogen-bond donors (Lipinski definition) is 1. The van der Waals surface area contributed by atoms with Crippen molar-refractivity contribution in [2.24, 2.45) is 0 Å². The van der Waals surface area contributed by atoms with E-state index in [9.17, 15) is 13.2 Å². The van der Waals surface area contributed by atoms with E-state index in [4.69, 9.17) is 11.6 Å². The first-order chi connectivity index (χ1) is 8.85. The number of ether oxygens (including phenoxy) is 1. The molecule has 1 heterocycles. The van der Waals surface area contributed by atoms with Gasteiger partial charge in [0.15, 0.2) is 11.0 Å². The Morgan fingerprint density at radius 1 is 1.32 bits per heavy atom. The van der Waals surface area contributed by atoms with Crippen molar-refractivity contribution in [3.63, 3.8) is 0 Å². The molecule has 1 N–H and O–H groups in total. The Morgan fingerprint density at radius 2 is 2.05 bits per heavy atom. The summed E-state index contributed by atoms with van der Waals surface area (Å²) in [7, 11) is 0. The predicted octanol–water partition coefficient (Wildman–Crippen LogP) is 4.60. The van der Waals surface area contributed by atoms with Crippen LogP contribution >= 0.6 is 39.3 Å². The second-order valence-corrected chi connectivity index (χ2v) is 4.96. The van der Waals surface area contributed by atoms with Crippen molar-refractivity contribution in [3.8, 4) is 5.75 Å². The first-order valence-electron chi connectivity index (χ1n) is 4.65. The van der Waals surface area contributed by atoms with Gasteiger partial charge in [-0.3, -0.25) is 0 Å². The number of nitrogens with one attached hydrogen (secondary N) is 1. The van der Waals surface area contributed by atoms with Gasteiger partial charge in [-0.2, -0.15) is 8.75 Å². The van der Waals surface area contributed by atoms with Gasteiger partial charge in [0.05, 0.1) is 16.2 Å². The molecule has 0 aliphatic heterocycles. The molecule has 0 aliphatic carbocycles. The Kier molecular flexibility index (Phi) is 4.16. The van der Waals surface area contributed by atoms with Gasteiger partial charge in [-0.1, -0.05) is 11.6 Å². The number of anilines is 2. The summed E-state index contributed by atoms with van der Waals surface area (Å²) in [6, 6.07) is 3.99. The minimum Gasteiger partial charge on any atom is -0.405 e. The molecule has 0 fully saturated rings. The molecule has 10 heteroatoms. The first-order valence-corrected chi connectivity index (χ1v) is 6.55. The second-order valence-electron chi connectivity index (χ2n) is 3.22. The molecule has 1 aromatic carbocycles. The maximum atomic E-state index is 12.1. The summed E-state index contributed by atoms with van der Waals surface area (Å²) in [5.74, 6) is 0.00334. The van der Waals surface area contributed by atoms with Crippen LogP contribution in [0.2, 0.25) is 5.15 Å². The molecule has 0 aliphatic rings. The lowest BCUT2D eigenvalue weighted by atomic mass is 10.3. The van der Waals surface area contributed by atoms with Crippen molar-refractivity contribution in [2.45, 2.75) is 6.36 Å². The lowest BCUT2D eigenvalue weighted by molar-refractivity contribution is -0.274. The van der Waals surface area contributed by atoms with E-state index in [1.54, 1.807) is 0 Å². The number of halogens is 5. The molecular weight excluding hydrogens is 371 g/mol. The fraction of sp³-hybridized carbons (Fsp3) is 0.111. The highest BCUT2D eigenvalue weighted by Gasteiger charge is 2.31. The smallest absolute Gasteiger partial charge is 0.405 e. The lowest BCUT2D eigenvalue weighted by Gasteiger charge is -2.11. The van der Waals surface area contributed by atoms with Gasteiger partial charge in [0.1, 0.15) is 5.75 Å². The van der Waals surface area contributed by atoms with E-state index in [0.717, 1.165) is 11.7 Å². The van der Waals surface area contributed by atoms with E-state index < -0.39 is 6.36 Å². The van der Waals surface area contributed by atoms with Crippen LogP contribution in [0.5, 0.6) is 5.75 Å². The van der Waals surface area contributed by atoms with Gasteiger partial charge in [0.25, 0.3) is 0 Å². The number of benzene rings is 1. The maximum absolute atomic E-state index is 12.1. The molecule has 0 radical (unpaired) electrons. The van der Waals surface area contributed by atoms with E-state index in [0.29, 0.717) is 11.5 Å². The summed E-state index contributed by atoms with van der Waals surface area (Å²) < 4.78 is 47.9. The molecular formula is C9H4BrClF3N3OS. The SMILES string of the molecule is FC(F)(F)Oc1ccc(Nc2nsnc2Cl)cc1Br. The first kappa shape index (κ1) is 14.4. The predicted molar refractivity (Wildman–Crippen MR) is 69.0 cm³/mol. The molecule has 0 unspecified atom stereocenters. The van der Waals surface area contributed by atoms with Crippen LogP contribution in [-0.2, 0) is 0 Å². The average molecular weight is 375 g/mol. The van der Waals surface area contributed by atoms with Crippen molar-refractivity contribution >= 4 is 50.8 Å². The van der Waals surface area contributed by atoms with Crippen LogP contribution in [0.15, 0.2) is 22.7 Å². The van der Waals surface area contributed by atoms with Crippen molar-refractivity contribution in [1.29, 1.82) is 0 Å². The van der Waals surface area contributed by atoms with E-state index >= 15 is 0 Å². The summed E-state index contributed by atoms with van der Waals surface area (Å²) in [5.41, 5.74) is 0.496. The molecule has 1 aromatic heterocycles. The van der Waals surface area contributed by atoms with Gasteiger partial charge >= 0.3 is 6.36 Å². The summed E-state index contributed by atoms with van der Waals surface area (Å²) >= 11 is 9.65. The van der Waals surface area contributed by atoms with Crippen LogP contribution in [0.3, 0.4) is 0 Å². The average Bonchev–Trinajstić information content (AvgIpc) is 2.67. The Bertz CT molecular complexity index is 592. The molecule has 0 bridgehead atoms. The fourth-order valence-electron chi connectivity index (χ4n) is 1.18. The standard InChI is InChI=1S/C9H4BrClF3N3OS/c10-5-3-4(15-8-7(11)16-19-17-8)1-2-6(5)18-9(12,13)14/h1-3H,(H,15,17). The fourth-order valence-corrected chi connectivity index (χ4v) is 2.28. The number of nitrogens with zero attached hydrogens (tertiary/aromatic N) is 2. The lowest BCUT2D eigenvalue weighted by Crippen LogP contribution is -2.17. The third-order valence-corrected chi connectivity index (χ3v) is 3.38. The zero-order valence-corrected chi connectivity index (χ0v) is 12.0.